The molecule has 0 radical (unpaired) electrons. The fourth-order valence-electron chi connectivity index (χ4n) is 9.27. The third kappa shape index (κ3) is 53.0. The Morgan fingerprint density at radius 2 is 0.809 bits per heavy atom. The van der Waals surface area contributed by atoms with Gasteiger partial charge in [0.2, 0.25) is 5.91 Å². The van der Waals surface area contributed by atoms with Crippen LogP contribution in [0.3, 0.4) is 0 Å². The van der Waals surface area contributed by atoms with Gasteiger partial charge in [-0.3, -0.25) is 9.36 Å². The third-order valence-corrected chi connectivity index (χ3v) is 15.0. The molecule has 0 fully saturated rings. The third-order valence-electron chi connectivity index (χ3n) is 14.0. The minimum absolute atomic E-state index is 0.0152. The lowest BCUT2D eigenvalue weighted by Gasteiger charge is -2.30. The Balaban J connectivity index is 3.97. The molecule has 0 aromatic carbocycles. The Labute approximate surface area is 424 Å². The minimum atomic E-state index is -4.57. The maximum Gasteiger partial charge on any atom is 0.268 e. The van der Waals surface area contributed by atoms with Crippen LogP contribution in [0.4, 0.5) is 0 Å². The summed E-state index contributed by atoms with van der Waals surface area (Å²) in [6, 6.07) is -0.796. The number of nitrogens with one attached hydrogen (secondary N) is 1. The Morgan fingerprint density at radius 1 is 0.500 bits per heavy atom. The number of nitrogens with zero attached hydrogens (tertiary/aromatic N) is 1. The SMILES string of the molecule is CCCCCCCCCCCCCC/C=C\CCCCCCCCCCCCCCCCCCC(=O)NC(COP(=O)([O-])OCC[N+](C)(C)C)C(O)CCCCCCCCCCCCCCCC. The zero-order valence-corrected chi connectivity index (χ0v) is 47.2. The van der Waals surface area contributed by atoms with E-state index >= 15 is 0 Å². The molecule has 0 aromatic heterocycles. The van der Waals surface area contributed by atoms with Crippen molar-refractivity contribution in [2.45, 2.75) is 321 Å². The lowest BCUT2D eigenvalue weighted by molar-refractivity contribution is -0.870. The number of aliphatic hydroxyl groups is 1. The molecule has 0 bridgehead atoms. The Bertz CT molecular complexity index is 1120. The largest absolute Gasteiger partial charge is 0.756 e. The molecule has 0 saturated heterocycles. The molecule has 0 aliphatic carbocycles. The smallest absolute Gasteiger partial charge is 0.268 e. The van der Waals surface area contributed by atoms with Gasteiger partial charge in [-0.1, -0.05) is 276 Å². The van der Waals surface area contributed by atoms with E-state index in [4.69, 9.17) is 9.05 Å². The van der Waals surface area contributed by atoms with E-state index in [2.05, 4.69) is 31.3 Å². The second kappa shape index (κ2) is 51.2. The monoisotopic (exact) mass is 983 g/mol. The van der Waals surface area contributed by atoms with Crippen molar-refractivity contribution in [3.05, 3.63) is 12.2 Å². The summed E-state index contributed by atoms with van der Waals surface area (Å²) in [5.41, 5.74) is 0. The van der Waals surface area contributed by atoms with Gasteiger partial charge >= 0.3 is 0 Å². The van der Waals surface area contributed by atoms with Crippen molar-refractivity contribution < 1.29 is 32.9 Å². The number of carbonyl (C=O) groups excluding carboxylic acids is 1. The standard InChI is InChI=1S/C59H119N2O6P/c1-6-8-10-12-14-16-18-20-22-23-24-25-26-27-28-29-30-31-32-33-34-35-36-37-38-39-41-43-45-47-49-51-53-59(63)60-57(56-67-68(64,65)66-55-54-61(3,4)5)58(62)52-50-48-46-44-42-40-21-19-17-15-13-11-9-7-2/h27-28,57-58,62H,6-26,29-56H2,1-5H3,(H-,60,63,64,65)/b28-27-. The molecule has 68 heavy (non-hydrogen) atoms. The molecule has 1 amide bonds. The topological polar surface area (TPSA) is 108 Å². The number of likely N-dealkylation sites (N-methyl/N-ethyl adjacent to an activating group) is 1. The first-order valence-electron chi connectivity index (χ1n) is 30.0. The number of hydrogen-bond donors (Lipinski definition) is 2. The summed E-state index contributed by atoms with van der Waals surface area (Å²) in [6.07, 6.45) is 62.6. The molecule has 0 aromatic rings. The molecule has 0 aliphatic rings. The second-order valence-corrected chi connectivity index (χ2v) is 23.5. The fourth-order valence-corrected chi connectivity index (χ4v) is 10.00. The van der Waals surface area contributed by atoms with Crippen LogP contribution in [0.15, 0.2) is 12.2 Å². The highest BCUT2D eigenvalue weighted by molar-refractivity contribution is 7.45. The maximum atomic E-state index is 13.0. The summed E-state index contributed by atoms with van der Waals surface area (Å²) < 4.78 is 23.4. The van der Waals surface area contributed by atoms with Gasteiger partial charge in [-0.05, 0) is 38.5 Å². The van der Waals surface area contributed by atoms with Crippen molar-refractivity contribution in [3.8, 4) is 0 Å². The molecular formula is C59H119N2O6P. The van der Waals surface area contributed by atoms with Crippen molar-refractivity contribution in [2.75, 3.05) is 40.9 Å². The summed E-state index contributed by atoms with van der Waals surface area (Å²) in [6.45, 7) is 4.76. The van der Waals surface area contributed by atoms with Crippen LogP contribution in [0.5, 0.6) is 0 Å². The lowest BCUT2D eigenvalue weighted by atomic mass is 10.0. The highest BCUT2D eigenvalue weighted by Gasteiger charge is 2.24. The van der Waals surface area contributed by atoms with Gasteiger partial charge in [-0.15, -0.1) is 0 Å². The number of aliphatic hydroxyl groups excluding tert-OH is 1. The number of unbranched alkanes of at least 4 members (excludes halogenated alkanes) is 41. The second-order valence-electron chi connectivity index (χ2n) is 22.1. The van der Waals surface area contributed by atoms with Gasteiger partial charge in [0.25, 0.3) is 7.82 Å². The van der Waals surface area contributed by atoms with E-state index in [0.717, 1.165) is 38.5 Å². The zero-order valence-electron chi connectivity index (χ0n) is 46.3. The van der Waals surface area contributed by atoms with Crippen LogP contribution in [0.25, 0.3) is 0 Å². The van der Waals surface area contributed by atoms with Crippen molar-refractivity contribution >= 4 is 13.7 Å². The van der Waals surface area contributed by atoms with Crippen LogP contribution in [-0.4, -0.2) is 68.5 Å². The number of carbonyl (C=O) groups is 1. The van der Waals surface area contributed by atoms with Crippen molar-refractivity contribution in [1.82, 2.24) is 5.32 Å². The van der Waals surface area contributed by atoms with Crippen LogP contribution >= 0.6 is 7.82 Å². The molecule has 2 N–H and O–H groups in total. The average molecular weight is 984 g/mol. The highest BCUT2D eigenvalue weighted by atomic mass is 31.2. The van der Waals surface area contributed by atoms with Gasteiger partial charge in [0, 0.05) is 6.42 Å². The van der Waals surface area contributed by atoms with Gasteiger partial charge < -0.3 is 28.8 Å². The molecule has 9 heteroatoms. The Kier molecular flexibility index (Phi) is 50.6. The number of phosphoric ester groups is 1. The van der Waals surface area contributed by atoms with Gasteiger partial charge in [0.15, 0.2) is 0 Å². The lowest BCUT2D eigenvalue weighted by Crippen LogP contribution is -2.46. The summed E-state index contributed by atoms with van der Waals surface area (Å²) in [5.74, 6) is -0.159. The van der Waals surface area contributed by atoms with Crippen LogP contribution in [0.1, 0.15) is 309 Å². The summed E-state index contributed by atoms with van der Waals surface area (Å²) in [5, 5.41) is 14.0. The highest BCUT2D eigenvalue weighted by Crippen LogP contribution is 2.38. The van der Waals surface area contributed by atoms with Crippen LogP contribution in [0.2, 0.25) is 0 Å². The Hall–Kier alpha value is -0.760. The van der Waals surface area contributed by atoms with Crippen molar-refractivity contribution in [1.29, 1.82) is 0 Å². The summed E-state index contributed by atoms with van der Waals surface area (Å²) in [7, 11) is 1.32. The van der Waals surface area contributed by atoms with E-state index in [1.165, 1.54) is 244 Å². The van der Waals surface area contributed by atoms with E-state index < -0.39 is 20.0 Å². The van der Waals surface area contributed by atoms with Crippen molar-refractivity contribution in [2.24, 2.45) is 0 Å². The predicted molar refractivity (Wildman–Crippen MR) is 293 cm³/mol. The molecule has 3 unspecified atom stereocenters. The molecule has 0 heterocycles. The van der Waals surface area contributed by atoms with Gasteiger partial charge in [0.1, 0.15) is 13.2 Å². The summed E-state index contributed by atoms with van der Waals surface area (Å²) >= 11 is 0. The maximum absolute atomic E-state index is 13.0. The predicted octanol–water partition coefficient (Wildman–Crippen LogP) is 17.6. The quantitative estimate of drug-likeness (QED) is 0.0272. The molecule has 3 atom stereocenters. The zero-order chi connectivity index (χ0) is 49.9. The Morgan fingerprint density at radius 3 is 1.15 bits per heavy atom. The van der Waals surface area contributed by atoms with Crippen LogP contribution in [0, 0.1) is 0 Å². The number of rotatable bonds is 56. The van der Waals surface area contributed by atoms with E-state index in [-0.39, 0.29) is 19.1 Å². The minimum Gasteiger partial charge on any atom is -0.756 e. The van der Waals surface area contributed by atoms with E-state index in [9.17, 15) is 19.4 Å². The van der Waals surface area contributed by atoms with E-state index in [0.29, 0.717) is 23.9 Å². The van der Waals surface area contributed by atoms with Crippen molar-refractivity contribution in [3.63, 3.8) is 0 Å². The number of allylic oxidation sites excluding steroid dienone is 2. The van der Waals surface area contributed by atoms with Gasteiger partial charge in [0.05, 0.1) is 39.9 Å². The normalized spacial score (nSPS) is 13.9. The van der Waals surface area contributed by atoms with Crippen LogP contribution in [-0.2, 0) is 18.4 Å². The molecule has 8 nitrogen and oxygen atoms in total. The molecule has 0 spiro atoms. The fraction of sp³-hybridized carbons (Fsp3) is 0.949. The first kappa shape index (κ1) is 67.2. The first-order chi connectivity index (χ1) is 33.0. The molecule has 0 aliphatic heterocycles. The molecule has 0 rings (SSSR count). The molecular weight excluding hydrogens is 864 g/mol. The molecule has 406 valence electrons. The van der Waals surface area contributed by atoms with E-state index in [1.54, 1.807) is 0 Å². The van der Waals surface area contributed by atoms with E-state index in [1.807, 2.05) is 21.1 Å². The van der Waals surface area contributed by atoms with Gasteiger partial charge in [-0.2, -0.15) is 0 Å². The first-order valence-corrected chi connectivity index (χ1v) is 31.5. The number of phosphoric acid groups is 1. The molecule has 0 saturated carbocycles. The van der Waals surface area contributed by atoms with Gasteiger partial charge in [-0.25, -0.2) is 0 Å². The van der Waals surface area contributed by atoms with Crippen LogP contribution < -0.4 is 10.2 Å². The number of quaternary nitrogens is 1. The summed E-state index contributed by atoms with van der Waals surface area (Å²) in [4.78, 5) is 25.5. The number of hydrogen-bond acceptors (Lipinski definition) is 6. The average Bonchev–Trinajstić information content (AvgIpc) is 3.30. The number of amides is 1.